The highest BCUT2D eigenvalue weighted by Gasteiger charge is 2.24. The average molecular weight is 266 g/mol. The predicted octanol–water partition coefficient (Wildman–Crippen LogP) is 1.54. The smallest absolute Gasteiger partial charge is 0.339 e. The number of ketones is 1. The molecule has 0 aliphatic carbocycles. The molecule has 0 aliphatic heterocycles. The molecule has 6 heteroatoms. The van der Waals surface area contributed by atoms with Crippen LogP contribution in [-0.4, -0.2) is 38.2 Å². The molecule has 0 radical (unpaired) electrons. The summed E-state index contributed by atoms with van der Waals surface area (Å²) in [4.78, 5) is 22.8. The minimum absolute atomic E-state index is 0.0487. The van der Waals surface area contributed by atoms with Gasteiger partial charge in [-0.05, 0) is 12.1 Å². The summed E-state index contributed by atoms with van der Waals surface area (Å²) >= 11 is 0. The van der Waals surface area contributed by atoms with Crippen molar-refractivity contribution in [1.29, 1.82) is 0 Å². The lowest BCUT2D eigenvalue weighted by atomic mass is 10.0. The number of aliphatic carboxylic acids is 1. The van der Waals surface area contributed by atoms with Gasteiger partial charge in [0.1, 0.15) is 5.57 Å². The summed E-state index contributed by atoms with van der Waals surface area (Å²) in [5.74, 6) is -1.44. The Labute approximate surface area is 110 Å². The molecule has 0 bridgehead atoms. The van der Waals surface area contributed by atoms with Crippen LogP contribution in [0.15, 0.2) is 24.3 Å². The van der Waals surface area contributed by atoms with Crippen molar-refractivity contribution in [2.45, 2.75) is 0 Å². The molecule has 6 nitrogen and oxygen atoms in total. The molecule has 0 heterocycles. The summed E-state index contributed by atoms with van der Waals surface area (Å²) < 4.78 is 15.3. The normalized spacial score (nSPS) is 9.63. The molecule has 1 aromatic rings. The highest BCUT2D eigenvalue weighted by Crippen LogP contribution is 2.40. The van der Waals surface area contributed by atoms with Gasteiger partial charge < -0.3 is 19.3 Å². The van der Waals surface area contributed by atoms with E-state index in [0.29, 0.717) is 5.75 Å². The maximum absolute atomic E-state index is 12.0. The number of hydrogen-bond acceptors (Lipinski definition) is 5. The van der Waals surface area contributed by atoms with Gasteiger partial charge in [-0.15, -0.1) is 0 Å². The van der Waals surface area contributed by atoms with E-state index in [1.54, 1.807) is 0 Å². The van der Waals surface area contributed by atoms with E-state index in [1.165, 1.54) is 33.5 Å². The first kappa shape index (κ1) is 14.6. The summed E-state index contributed by atoms with van der Waals surface area (Å²) in [7, 11) is 4.17. The molecule has 0 atom stereocenters. The number of ether oxygens (including phenoxy) is 3. The van der Waals surface area contributed by atoms with Gasteiger partial charge in [0, 0.05) is 0 Å². The van der Waals surface area contributed by atoms with Gasteiger partial charge in [-0.3, -0.25) is 4.79 Å². The van der Waals surface area contributed by atoms with Crippen LogP contribution in [0.1, 0.15) is 10.4 Å². The fraction of sp³-hybridized carbons (Fsp3) is 0.231. The Balaban J connectivity index is 3.41. The van der Waals surface area contributed by atoms with Crippen molar-refractivity contribution in [3.8, 4) is 17.2 Å². The Bertz CT molecular complexity index is 532. The second-order valence-electron chi connectivity index (χ2n) is 3.49. The summed E-state index contributed by atoms with van der Waals surface area (Å²) in [6, 6.07) is 2.89. The lowest BCUT2D eigenvalue weighted by Crippen LogP contribution is -2.13. The van der Waals surface area contributed by atoms with Crippen molar-refractivity contribution in [1.82, 2.24) is 0 Å². The SMILES string of the molecule is C=C(C(=O)O)C(=O)c1ccc(OC)c(OC)c1OC. The minimum Gasteiger partial charge on any atom is -0.493 e. The Morgan fingerprint density at radius 3 is 2.05 bits per heavy atom. The maximum atomic E-state index is 12.0. The Hall–Kier alpha value is -2.50. The number of carboxylic acid groups (broad SMARTS) is 1. The molecule has 0 aliphatic rings. The van der Waals surface area contributed by atoms with Gasteiger partial charge >= 0.3 is 5.97 Å². The van der Waals surface area contributed by atoms with Crippen molar-refractivity contribution < 1.29 is 28.9 Å². The van der Waals surface area contributed by atoms with E-state index in [4.69, 9.17) is 19.3 Å². The third kappa shape index (κ3) is 2.67. The summed E-state index contributed by atoms with van der Waals surface area (Å²) in [6.45, 7) is 3.23. The predicted molar refractivity (Wildman–Crippen MR) is 67.2 cm³/mol. The van der Waals surface area contributed by atoms with Crippen molar-refractivity contribution in [3.63, 3.8) is 0 Å². The van der Waals surface area contributed by atoms with E-state index in [2.05, 4.69) is 6.58 Å². The van der Waals surface area contributed by atoms with Crippen LogP contribution in [0.25, 0.3) is 0 Å². The standard InChI is InChI=1S/C13H14O6/c1-7(13(15)16)10(14)8-5-6-9(17-2)12(19-4)11(8)18-3/h5-6H,1H2,2-4H3,(H,15,16). The molecule has 19 heavy (non-hydrogen) atoms. The van der Waals surface area contributed by atoms with E-state index in [1.807, 2.05) is 0 Å². The molecular formula is C13H14O6. The molecule has 0 aromatic heterocycles. The zero-order chi connectivity index (χ0) is 14.6. The molecule has 0 spiro atoms. The highest BCUT2D eigenvalue weighted by atomic mass is 16.5. The summed E-state index contributed by atoms with van der Waals surface area (Å²) in [6.07, 6.45) is 0. The van der Waals surface area contributed by atoms with E-state index in [0.717, 1.165) is 0 Å². The minimum atomic E-state index is -1.39. The van der Waals surface area contributed by atoms with Crippen LogP contribution >= 0.6 is 0 Å². The van der Waals surface area contributed by atoms with Crippen molar-refractivity contribution in [2.75, 3.05) is 21.3 Å². The van der Waals surface area contributed by atoms with Gasteiger partial charge in [0.2, 0.25) is 11.5 Å². The van der Waals surface area contributed by atoms with Gasteiger partial charge in [0.15, 0.2) is 11.5 Å². The fourth-order valence-corrected chi connectivity index (χ4v) is 1.54. The van der Waals surface area contributed by atoms with Gasteiger partial charge in [-0.25, -0.2) is 4.79 Å². The third-order valence-electron chi connectivity index (χ3n) is 2.48. The van der Waals surface area contributed by atoms with Gasteiger partial charge in [-0.1, -0.05) is 6.58 Å². The first-order valence-corrected chi connectivity index (χ1v) is 5.23. The molecule has 1 aromatic carbocycles. The summed E-state index contributed by atoms with van der Waals surface area (Å²) in [5, 5.41) is 8.79. The monoisotopic (exact) mass is 266 g/mol. The lowest BCUT2D eigenvalue weighted by Gasteiger charge is -2.14. The third-order valence-corrected chi connectivity index (χ3v) is 2.48. The number of hydrogen-bond donors (Lipinski definition) is 1. The fourth-order valence-electron chi connectivity index (χ4n) is 1.54. The Morgan fingerprint density at radius 1 is 1.05 bits per heavy atom. The number of carbonyl (C=O) groups is 2. The van der Waals surface area contributed by atoms with Crippen LogP contribution < -0.4 is 14.2 Å². The zero-order valence-electron chi connectivity index (χ0n) is 10.9. The molecule has 0 saturated heterocycles. The average Bonchev–Trinajstić information content (AvgIpc) is 2.43. The largest absolute Gasteiger partial charge is 0.493 e. The Morgan fingerprint density at radius 2 is 1.63 bits per heavy atom. The van der Waals surface area contributed by atoms with Crippen LogP contribution in [0.4, 0.5) is 0 Å². The van der Waals surface area contributed by atoms with E-state index in [-0.39, 0.29) is 17.1 Å². The number of carboxylic acids is 1. The van der Waals surface area contributed by atoms with Crippen LogP contribution in [-0.2, 0) is 4.79 Å². The second kappa shape index (κ2) is 5.90. The van der Waals surface area contributed by atoms with Gasteiger partial charge in [0.25, 0.3) is 0 Å². The second-order valence-corrected chi connectivity index (χ2v) is 3.49. The quantitative estimate of drug-likeness (QED) is 0.364. The number of benzene rings is 1. The highest BCUT2D eigenvalue weighted by molar-refractivity contribution is 6.24. The van der Waals surface area contributed by atoms with E-state index >= 15 is 0 Å². The molecule has 1 rings (SSSR count). The first-order valence-electron chi connectivity index (χ1n) is 5.23. The van der Waals surface area contributed by atoms with Gasteiger partial charge in [-0.2, -0.15) is 0 Å². The van der Waals surface area contributed by atoms with Crippen LogP contribution in [0, 0.1) is 0 Å². The van der Waals surface area contributed by atoms with Crippen LogP contribution in [0.2, 0.25) is 0 Å². The first-order chi connectivity index (χ1) is 8.97. The number of carbonyl (C=O) groups excluding carboxylic acids is 1. The van der Waals surface area contributed by atoms with Crippen molar-refractivity contribution in [2.24, 2.45) is 0 Å². The van der Waals surface area contributed by atoms with Crippen molar-refractivity contribution in [3.05, 3.63) is 29.8 Å². The molecule has 0 amide bonds. The molecule has 0 saturated carbocycles. The molecule has 0 unspecified atom stereocenters. The zero-order valence-corrected chi connectivity index (χ0v) is 10.9. The van der Waals surface area contributed by atoms with Gasteiger partial charge in [0.05, 0.1) is 26.9 Å². The topological polar surface area (TPSA) is 82.1 Å². The van der Waals surface area contributed by atoms with Crippen molar-refractivity contribution >= 4 is 11.8 Å². The maximum Gasteiger partial charge on any atom is 0.339 e. The van der Waals surface area contributed by atoms with Crippen LogP contribution in [0.5, 0.6) is 17.2 Å². The van der Waals surface area contributed by atoms with E-state index < -0.39 is 17.3 Å². The molecule has 1 N–H and O–H groups in total. The molecule has 102 valence electrons. The van der Waals surface area contributed by atoms with Crippen LogP contribution in [0.3, 0.4) is 0 Å². The molecular weight excluding hydrogens is 252 g/mol. The Kier molecular flexibility index (Phi) is 4.52. The number of rotatable bonds is 6. The summed E-state index contributed by atoms with van der Waals surface area (Å²) in [5.41, 5.74) is -0.502. The van der Waals surface area contributed by atoms with E-state index in [9.17, 15) is 9.59 Å². The number of methoxy groups -OCH3 is 3. The number of Topliss-reactive ketones (excluding diaryl/α,β-unsaturated/α-hetero) is 1. The molecule has 0 fully saturated rings. The lowest BCUT2D eigenvalue weighted by molar-refractivity contribution is -0.132.